The molecule has 3 heterocycles. The number of hydrogen-bond donors (Lipinski definition) is 0. The van der Waals surface area contributed by atoms with Gasteiger partial charge < -0.3 is 23.5 Å². The number of carbonyl (C=O) groups excluding carboxylic acids is 2. The van der Waals surface area contributed by atoms with E-state index in [2.05, 4.69) is 19.1 Å². The van der Waals surface area contributed by atoms with E-state index in [1.807, 2.05) is 75.9 Å². The van der Waals surface area contributed by atoms with E-state index >= 15 is 0 Å². The van der Waals surface area contributed by atoms with Crippen LogP contribution in [-0.4, -0.2) is 58.5 Å². The van der Waals surface area contributed by atoms with Crippen LogP contribution in [0, 0.1) is 6.92 Å². The first-order chi connectivity index (χ1) is 17.5. The molecule has 1 atom stereocenters. The van der Waals surface area contributed by atoms with Gasteiger partial charge in [0.25, 0.3) is 5.91 Å². The van der Waals surface area contributed by atoms with E-state index in [-0.39, 0.29) is 24.5 Å². The van der Waals surface area contributed by atoms with Crippen LogP contribution in [0.25, 0.3) is 11.1 Å². The third kappa shape index (κ3) is 4.93. The highest BCUT2D eigenvalue weighted by atomic mass is 16.5. The Hall–Kier alpha value is -3.84. The smallest absolute Gasteiger partial charge is 0.270 e. The molecule has 0 saturated carbocycles. The summed E-state index contributed by atoms with van der Waals surface area (Å²) in [6.45, 7) is 6.46. The summed E-state index contributed by atoms with van der Waals surface area (Å²) in [7, 11) is 0. The Balaban J connectivity index is 1.25. The van der Waals surface area contributed by atoms with Crippen LogP contribution in [0.4, 0.5) is 0 Å². The van der Waals surface area contributed by atoms with Crippen LogP contribution >= 0.6 is 0 Å². The Morgan fingerprint density at radius 3 is 2.58 bits per heavy atom. The molecule has 5 rings (SSSR count). The number of amides is 2. The standard InChI is InChI=1S/C29H31N3O4/c1-21-8-6-7-11-25(21)18-32-26(16-24-12-15-36-29(24)32)28(34)30-13-14-31(22(2)17-30)27(33)20-35-19-23-9-4-3-5-10-23/h3-12,15-16,22H,13-14,17-20H2,1-2H3. The first-order valence-electron chi connectivity index (χ1n) is 12.3. The average molecular weight is 486 g/mol. The van der Waals surface area contributed by atoms with Crippen molar-refractivity contribution in [3.63, 3.8) is 0 Å². The number of piperazine rings is 1. The summed E-state index contributed by atoms with van der Waals surface area (Å²) >= 11 is 0. The van der Waals surface area contributed by atoms with Gasteiger partial charge in [0.1, 0.15) is 12.3 Å². The van der Waals surface area contributed by atoms with Gasteiger partial charge in [-0.25, -0.2) is 0 Å². The van der Waals surface area contributed by atoms with Gasteiger partial charge in [0.15, 0.2) is 0 Å². The molecule has 1 saturated heterocycles. The summed E-state index contributed by atoms with van der Waals surface area (Å²) in [5.74, 6) is -0.0970. The Morgan fingerprint density at radius 2 is 1.81 bits per heavy atom. The van der Waals surface area contributed by atoms with E-state index in [0.717, 1.165) is 16.5 Å². The van der Waals surface area contributed by atoms with Crippen molar-refractivity contribution in [1.29, 1.82) is 0 Å². The lowest BCUT2D eigenvalue weighted by molar-refractivity contribution is -0.140. The second-order valence-electron chi connectivity index (χ2n) is 9.39. The normalized spacial score (nSPS) is 16.0. The maximum absolute atomic E-state index is 13.6. The number of furan rings is 1. The van der Waals surface area contributed by atoms with Crippen molar-refractivity contribution in [2.75, 3.05) is 26.2 Å². The lowest BCUT2D eigenvalue weighted by atomic mass is 10.1. The number of ether oxygens (including phenoxy) is 1. The molecule has 1 unspecified atom stereocenters. The molecule has 1 aliphatic heterocycles. The highest BCUT2D eigenvalue weighted by molar-refractivity contribution is 5.98. The van der Waals surface area contributed by atoms with Crippen molar-refractivity contribution in [3.8, 4) is 0 Å². The van der Waals surface area contributed by atoms with Crippen LogP contribution in [0.5, 0.6) is 0 Å². The van der Waals surface area contributed by atoms with E-state index in [1.165, 1.54) is 5.56 Å². The summed E-state index contributed by atoms with van der Waals surface area (Å²) in [6.07, 6.45) is 1.65. The van der Waals surface area contributed by atoms with Crippen LogP contribution in [-0.2, 0) is 22.7 Å². The summed E-state index contributed by atoms with van der Waals surface area (Å²) in [5.41, 5.74) is 4.64. The molecule has 7 nitrogen and oxygen atoms in total. The fourth-order valence-corrected chi connectivity index (χ4v) is 4.85. The van der Waals surface area contributed by atoms with Crippen LogP contribution < -0.4 is 0 Å². The minimum absolute atomic E-state index is 0.0306. The van der Waals surface area contributed by atoms with Gasteiger partial charge in [-0.3, -0.25) is 9.59 Å². The van der Waals surface area contributed by atoms with Crippen LogP contribution in [0.15, 0.2) is 77.4 Å². The van der Waals surface area contributed by atoms with Crippen LogP contribution in [0.3, 0.4) is 0 Å². The molecular formula is C29H31N3O4. The average Bonchev–Trinajstić information content (AvgIpc) is 3.48. The Labute approximate surface area is 210 Å². The van der Waals surface area contributed by atoms with E-state index in [4.69, 9.17) is 9.15 Å². The summed E-state index contributed by atoms with van der Waals surface area (Å²) < 4.78 is 13.3. The summed E-state index contributed by atoms with van der Waals surface area (Å²) in [6, 6.07) is 21.7. The number of carbonyl (C=O) groups is 2. The van der Waals surface area contributed by atoms with Gasteiger partial charge in [0.05, 0.1) is 19.4 Å². The molecule has 7 heteroatoms. The lowest BCUT2D eigenvalue weighted by Gasteiger charge is -2.40. The van der Waals surface area contributed by atoms with Crippen molar-refractivity contribution in [1.82, 2.24) is 14.4 Å². The number of rotatable bonds is 7. The fourth-order valence-electron chi connectivity index (χ4n) is 4.85. The topological polar surface area (TPSA) is 67.9 Å². The second-order valence-corrected chi connectivity index (χ2v) is 9.39. The van der Waals surface area contributed by atoms with Crippen molar-refractivity contribution in [2.24, 2.45) is 0 Å². The van der Waals surface area contributed by atoms with E-state index in [9.17, 15) is 9.59 Å². The van der Waals surface area contributed by atoms with Crippen molar-refractivity contribution < 1.29 is 18.7 Å². The maximum atomic E-state index is 13.6. The number of nitrogens with zero attached hydrogens (tertiary/aromatic N) is 3. The van der Waals surface area contributed by atoms with Gasteiger partial charge in [-0.2, -0.15) is 0 Å². The van der Waals surface area contributed by atoms with Gasteiger partial charge >= 0.3 is 0 Å². The van der Waals surface area contributed by atoms with Gasteiger partial charge in [-0.05, 0) is 42.7 Å². The Bertz CT molecular complexity index is 1360. The van der Waals surface area contributed by atoms with Gasteiger partial charge in [-0.15, -0.1) is 0 Å². The number of aryl methyl sites for hydroxylation is 1. The highest BCUT2D eigenvalue weighted by Crippen LogP contribution is 2.25. The predicted molar refractivity (Wildman–Crippen MR) is 138 cm³/mol. The number of hydrogen-bond acceptors (Lipinski definition) is 4. The van der Waals surface area contributed by atoms with Gasteiger partial charge in [0.2, 0.25) is 11.6 Å². The molecule has 0 bridgehead atoms. The van der Waals surface area contributed by atoms with E-state index in [0.29, 0.717) is 44.2 Å². The van der Waals surface area contributed by atoms with Crippen LogP contribution in [0.2, 0.25) is 0 Å². The summed E-state index contributed by atoms with van der Waals surface area (Å²) in [4.78, 5) is 30.1. The Kier molecular flexibility index (Phi) is 6.91. The SMILES string of the molecule is Cc1ccccc1Cn1c(C(=O)N2CCN(C(=O)COCc3ccccc3)C(C)C2)cc2ccoc21. The molecular weight excluding hydrogens is 454 g/mol. The molecule has 0 radical (unpaired) electrons. The van der Waals surface area contributed by atoms with E-state index < -0.39 is 0 Å². The minimum Gasteiger partial charge on any atom is -0.448 e. The zero-order chi connectivity index (χ0) is 25.1. The lowest BCUT2D eigenvalue weighted by Crippen LogP contribution is -2.56. The zero-order valence-corrected chi connectivity index (χ0v) is 20.7. The molecule has 2 amide bonds. The molecule has 2 aromatic carbocycles. The molecule has 1 fully saturated rings. The van der Waals surface area contributed by atoms with Crippen molar-refractivity contribution in [2.45, 2.75) is 33.0 Å². The van der Waals surface area contributed by atoms with E-state index in [1.54, 1.807) is 6.26 Å². The molecule has 1 aliphatic rings. The molecule has 36 heavy (non-hydrogen) atoms. The zero-order valence-electron chi connectivity index (χ0n) is 20.7. The Morgan fingerprint density at radius 1 is 1.03 bits per heavy atom. The minimum atomic E-state index is -0.0988. The second kappa shape index (κ2) is 10.4. The highest BCUT2D eigenvalue weighted by Gasteiger charge is 2.32. The molecule has 0 N–H and O–H groups in total. The van der Waals surface area contributed by atoms with Crippen molar-refractivity contribution in [3.05, 3.63) is 95.4 Å². The first-order valence-corrected chi connectivity index (χ1v) is 12.3. The number of fused-ring (bicyclic) bond motifs is 1. The third-order valence-corrected chi connectivity index (χ3v) is 6.88. The molecule has 0 spiro atoms. The van der Waals surface area contributed by atoms with Crippen molar-refractivity contribution >= 4 is 22.9 Å². The third-order valence-electron chi connectivity index (χ3n) is 6.88. The first kappa shape index (κ1) is 23.9. The van der Waals surface area contributed by atoms with Gasteiger partial charge in [0, 0.05) is 31.1 Å². The number of benzene rings is 2. The number of aromatic nitrogens is 1. The monoisotopic (exact) mass is 485 g/mol. The maximum Gasteiger partial charge on any atom is 0.270 e. The quantitative estimate of drug-likeness (QED) is 0.387. The summed E-state index contributed by atoms with van der Waals surface area (Å²) in [5, 5.41) is 0.907. The predicted octanol–water partition coefficient (Wildman–Crippen LogP) is 4.48. The van der Waals surface area contributed by atoms with Crippen LogP contribution in [0.1, 0.15) is 34.1 Å². The molecule has 2 aromatic heterocycles. The molecule has 186 valence electrons. The molecule has 4 aromatic rings. The largest absolute Gasteiger partial charge is 0.448 e. The fraction of sp³-hybridized carbons (Fsp3) is 0.310. The van der Waals surface area contributed by atoms with Gasteiger partial charge in [-0.1, -0.05) is 54.6 Å². The molecule has 0 aliphatic carbocycles.